The summed E-state index contributed by atoms with van der Waals surface area (Å²) < 4.78 is 26.6. The minimum Gasteiger partial charge on any atom is -0.393 e. The molecule has 0 radical (unpaired) electrons. The second kappa shape index (κ2) is 4.88. The fourth-order valence-corrected chi connectivity index (χ4v) is 5.06. The van der Waals surface area contributed by atoms with Crippen LogP contribution in [0.25, 0.3) is 0 Å². The monoisotopic (exact) mass is 285 g/mol. The van der Waals surface area contributed by atoms with Gasteiger partial charge >= 0.3 is 0 Å². The lowest BCUT2D eigenvalue weighted by Crippen LogP contribution is -2.42. The van der Waals surface area contributed by atoms with Gasteiger partial charge in [-0.25, -0.2) is 13.4 Å². The van der Waals surface area contributed by atoms with E-state index in [-0.39, 0.29) is 23.1 Å². The molecule has 1 saturated heterocycles. The standard InChI is InChI=1S/C12H19N3O3S/c16-11-5-1-3-9(11)10-4-2-6-15(10)19(17,18)12-7-13-8-14-12/h7-11,16H,1-6H2,(H,13,14). The summed E-state index contributed by atoms with van der Waals surface area (Å²) in [5.74, 6) is 0.0835. The van der Waals surface area contributed by atoms with E-state index in [0.717, 1.165) is 32.1 Å². The molecule has 1 aliphatic heterocycles. The third kappa shape index (κ3) is 2.19. The van der Waals surface area contributed by atoms with Crippen LogP contribution in [-0.4, -0.2) is 46.5 Å². The van der Waals surface area contributed by atoms with Gasteiger partial charge in [0.15, 0.2) is 5.03 Å². The quantitative estimate of drug-likeness (QED) is 0.857. The van der Waals surface area contributed by atoms with Gasteiger partial charge in [-0.1, -0.05) is 6.42 Å². The molecule has 7 heteroatoms. The number of H-pyrrole nitrogens is 1. The summed E-state index contributed by atoms with van der Waals surface area (Å²) in [5, 5.41) is 10.2. The average molecular weight is 285 g/mol. The molecule has 0 bridgehead atoms. The Morgan fingerprint density at radius 1 is 1.32 bits per heavy atom. The summed E-state index contributed by atoms with van der Waals surface area (Å²) in [6.07, 6.45) is 6.76. The lowest BCUT2D eigenvalue weighted by atomic mass is 9.95. The molecule has 3 rings (SSSR count). The second-order valence-electron chi connectivity index (χ2n) is 5.40. The van der Waals surface area contributed by atoms with Crippen molar-refractivity contribution in [1.82, 2.24) is 14.3 Å². The maximum atomic E-state index is 12.5. The van der Waals surface area contributed by atoms with Gasteiger partial charge in [0, 0.05) is 18.5 Å². The van der Waals surface area contributed by atoms with Crippen molar-refractivity contribution in [2.75, 3.05) is 6.54 Å². The fraction of sp³-hybridized carbons (Fsp3) is 0.750. The largest absolute Gasteiger partial charge is 0.393 e. The highest BCUT2D eigenvalue weighted by molar-refractivity contribution is 7.89. The highest BCUT2D eigenvalue weighted by Crippen LogP contribution is 2.37. The Labute approximate surface area is 112 Å². The van der Waals surface area contributed by atoms with Gasteiger partial charge in [-0.05, 0) is 25.7 Å². The number of hydrogen-bond acceptors (Lipinski definition) is 4. The zero-order valence-electron chi connectivity index (χ0n) is 10.7. The van der Waals surface area contributed by atoms with E-state index in [2.05, 4.69) is 9.97 Å². The molecule has 1 saturated carbocycles. The zero-order chi connectivity index (χ0) is 13.5. The van der Waals surface area contributed by atoms with Crippen molar-refractivity contribution < 1.29 is 13.5 Å². The van der Waals surface area contributed by atoms with Crippen molar-refractivity contribution in [1.29, 1.82) is 0 Å². The number of sulfonamides is 1. The number of nitrogens with zero attached hydrogens (tertiary/aromatic N) is 2. The molecule has 106 valence electrons. The summed E-state index contributed by atoms with van der Waals surface area (Å²) in [4.78, 5) is 6.46. The molecular formula is C12H19N3O3S. The van der Waals surface area contributed by atoms with Gasteiger partial charge in [0.1, 0.15) is 0 Å². The first-order valence-corrected chi connectivity index (χ1v) is 8.23. The van der Waals surface area contributed by atoms with Gasteiger partial charge in [0.2, 0.25) is 0 Å². The highest BCUT2D eigenvalue weighted by Gasteiger charge is 2.43. The van der Waals surface area contributed by atoms with Gasteiger partial charge in [-0.2, -0.15) is 4.31 Å². The van der Waals surface area contributed by atoms with Crippen LogP contribution < -0.4 is 0 Å². The lowest BCUT2D eigenvalue weighted by molar-refractivity contribution is 0.0974. The van der Waals surface area contributed by atoms with Crippen LogP contribution in [0.4, 0.5) is 0 Å². The number of aliphatic hydroxyl groups is 1. The minimum atomic E-state index is -3.50. The summed E-state index contributed by atoms with van der Waals surface area (Å²) in [6.45, 7) is 0.537. The first-order valence-electron chi connectivity index (χ1n) is 6.79. The molecule has 1 aliphatic carbocycles. The van der Waals surface area contributed by atoms with E-state index < -0.39 is 10.0 Å². The lowest BCUT2D eigenvalue weighted by Gasteiger charge is -2.29. The van der Waals surface area contributed by atoms with Gasteiger partial charge in [-0.15, -0.1) is 0 Å². The van der Waals surface area contributed by atoms with E-state index in [1.54, 1.807) is 4.31 Å². The third-order valence-electron chi connectivity index (χ3n) is 4.33. The number of aromatic amines is 1. The first-order chi connectivity index (χ1) is 9.10. The minimum absolute atomic E-state index is 0.0641. The van der Waals surface area contributed by atoms with E-state index in [4.69, 9.17) is 0 Å². The van der Waals surface area contributed by atoms with Crippen molar-refractivity contribution in [3.8, 4) is 0 Å². The van der Waals surface area contributed by atoms with Crippen LogP contribution in [-0.2, 0) is 10.0 Å². The molecule has 3 atom stereocenters. The molecule has 3 unspecified atom stereocenters. The van der Waals surface area contributed by atoms with E-state index >= 15 is 0 Å². The normalized spacial score (nSPS) is 33.0. The predicted octanol–water partition coefficient (Wildman–Crippen LogP) is 0.724. The molecule has 0 spiro atoms. The number of aliphatic hydroxyl groups excluding tert-OH is 1. The van der Waals surface area contributed by atoms with Crippen LogP contribution in [0.1, 0.15) is 32.1 Å². The molecule has 19 heavy (non-hydrogen) atoms. The van der Waals surface area contributed by atoms with Gasteiger partial charge in [-0.3, -0.25) is 0 Å². The summed E-state index contributed by atoms with van der Waals surface area (Å²) in [6, 6.07) is -0.0641. The van der Waals surface area contributed by atoms with E-state index in [0.29, 0.717) is 6.54 Å². The zero-order valence-corrected chi connectivity index (χ0v) is 11.5. The number of rotatable bonds is 3. The van der Waals surface area contributed by atoms with Gasteiger partial charge in [0.05, 0.1) is 18.6 Å². The smallest absolute Gasteiger partial charge is 0.260 e. The van der Waals surface area contributed by atoms with Crippen molar-refractivity contribution in [3.63, 3.8) is 0 Å². The predicted molar refractivity (Wildman–Crippen MR) is 68.8 cm³/mol. The van der Waals surface area contributed by atoms with Crippen LogP contribution in [0.15, 0.2) is 17.6 Å². The van der Waals surface area contributed by atoms with Crippen LogP contribution in [0.3, 0.4) is 0 Å². The summed E-state index contributed by atoms with van der Waals surface area (Å²) >= 11 is 0. The Balaban J connectivity index is 1.87. The second-order valence-corrected chi connectivity index (χ2v) is 7.26. The van der Waals surface area contributed by atoms with Crippen LogP contribution >= 0.6 is 0 Å². The molecule has 2 fully saturated rings. The maximum absolute atomic E-state index is 12.5. The molecule has 2 aliphatic rings. The number of aromatic nitrogens is 2. The van der Waals surface area contributed by atoms with Crippen molar-refractivity contribution in [3.05, 3.63) is 12.5 Å². The SMILES string of the molecule is O=S(=O)(c1cnc[nH]1)N1CCCC1C1CCCC1O. The molecule has 0 aromatic carbocycles. The Morgan fingerprint density at radius 3 is 2.79 bits per heavy atom. The highest BCUT2D eigenvalue weighted by atomic mass is 32.2. The molecule has 1 aromatic heterocycles. The summed E-state index contributed by atoms with van der Waals surface area (Å²) in [5.41, 5.74) is 0. The Morgan fingerprint density at radius 2 is 2.16 bits per heavy atom. The topological polar surface area (TPSA) is 86.3 Å². The number of nitrogens with one attached hydrogen (secondary N) is 1. The van der Waals surface area contributed by atoms with Gasteiger partial charge in [0.25, 0.3) is 10.0 Å². The maximum Gasteiger partial charge on any atom is 0.260 e. The number of imidazole rings is 1. The van der Waals surface area contributed by atoms with E-state index in [1.165, 1.54) is 12.5 Å². The molecule has 1 aromatic rings. The molecular weight excluding hydrogens is 266 g/mol. The van der Waals surface area contributed by atoms with Crippen LogP contribution in [0.2, 0.25) is 0 Å². The van der Waals surface area contributed by atoms with Crippen LogP contribution in [0.5, 0.6) is 0 Å². The van der Waals surface area contributed by atoms with E-state index in [1.807, 2.05) is 0 Å². The Bertz CT molecular complexity index is 528. The third-order valence-corrected chi connectivity index (χ3v) is 6.18. The molecule has 6 nitrogen and oxygen atoms in total. The first kappa shape index (κ1) is 13.1. The van der Waals surface area contributed by atoms with Gasteiger partial charge < -0.3 is 10.1 Å². The van der Waals surface area contributed by atoms with Crippen LogP contribution in [0, 0.1) is 5.92 Å². The van der Waals surface area contributed by atoms with Crippen molar-refractivity contribution in [2.24, 2.45) is 5.92 Å². The Hall–Kier alpha value is -0.920. The molecule has 0 amide bonds. The van der Waals surface area contributed by atoms with Crippen molar-refractivity contribution >= 4 is 10.0 Å². The number of hydrogen-bond donors (Lipinski definition) is 2. The average Bonchev–Trinajstić information content (AvgIpc) is 3.10. The Kier molecular flexibility index (Phi) is 3.36. The molecule has 2 heterocycles. The summed E-state index contributed by atoms with van der Waals surface area (Å²) in [7, 11) is -3.50. The van der Waals surface area contributed by atoms with E-state index in [9.17, 15) is 13.5 Å². The molecule has 2 N–H and O–H groups in total. The fourth-order valence-electron chi connectivity index (χ4n) is 3.42. The van der Waals surface area contributed by atoms with Crippen molar-refractivity contribution in [2.45, 2.75) is 49.3 Å².